The van der Waals surface area contributed by atoms with Gasteiger partial charge in [-0.1, -0.05) is 30.3 Å². The van der Waals surface area contributed by atoms with Crippen LogP contribution >= 0.6 is 0 Å². The number of rotatable bonds is 4. The highest BCUT2D eigenvalue weighted by atomic mass is 16.5. The van der Waals surface area contributed by atoms with Crippen molar-refractivity contribution in [3.63, 3.8) is 0 Å². The lowest BCUT2D eigenvalue weighted by Crippen LogP contribution is -2.04. The van der Waals surface area contributed by atoms with Crippen molar-refractivity contribution in [1.29, 1.82) is 0 Å². The zero-order valence-corrected chi connectivity index (χ0v) is 11.5. The van der Waals surface area contributed by atoms with E-state index in [1.165, 1.54) is 6.20 Å². The molecule has 0 amide bonds. The van der Waals surface area contributed by atoms with Crippen molar-refractivity contribution in [2.75, 3.05) is 7.11 Å². The van der Waals surface area contributed by atoms with Crippen molar-refractivity contribution >= 4 is 10.9 Å². The Morgan fingerprint density at radius 3 is 2.71 bits per heavy atom. The first kappa shape index (κ1) is 13.2. The van der Waals surface area contributed by atoms with Crippen molar-refractivity contribution in [2.24, 2.45) is 0 Å². The molecule has 0 unspecified atom stereocenters. The minimum atomic E-state index is -0.156. The topological polar surface area (TPSA) is 64.2 Å². The van der Waals surface area contributed by atoms with Crippen LogP contribution in [-0.4, -0.2) is 17.3 Å². The molecule has 5 heteroatoms. The van der Waals surface area contributed by atoms with Gasteiger partial charge in [0.1, 0.15) is 6.61 Å². The summed E-state index contributed by atoms with van der Waals surface area (Å²) < 4.78 is 11.1. The summed E-state index contributed by atoms with van der Waals surface area (Å²) in [5.74, 6) is 1.09. The van der Waals surface area contributed by atoms with Crippen LogP contribution < -0.4 is 14.9 Å². The van der Waals surface area contributed by atoms with Crippen LogP contribution in [0.15, 0.2) is 53.5 Å². The van der Waals surface area contributed by atoms with Crippen molar-refractivity contribution in [1.82, 2.24) is 10.2 Å². The number of H-pyrrole nitrogens is 1. The third-order valence-electron chi connectivity index (χ3n) is 3.17. The number of hydrogen-bond donors (Lipinski definition) is 1. The summed E-state index contributed by atoms with van der Waals surface area (Å²) in [6.07, 6.45) is 1.24. The Labute approximate surface area is 121 Å². The fraction of sp³-hybridized carbons (Fsp3) is 0.125. The molecule has 3 aromatic rings. The summed E-state index contributed by atoms with van der Waals surface area (Å²) in [6, 6.07) is 13.2. The molecule has 0 aliphatic carbocycles. The van der Waals surface area contributed by atoms with Gasteiger partial charge in [0, 0.05) is 6.07 Å². The summed E-state index contributed by atoms with van der Waals surface area (Å²) in [5.41, 5.74) is 1.52. The average molecular weight is 282 g/mol. The summed E-state index contributed by atoms with van der Waals surface area (Å²) in [7, 11) is 1.55. The summed E-state index contributed by atoms with van der Waals surface area (Å²) in [6.45, 7) is 0.424. The van der Waals surface area contributed by atoms with Crippen molar-refractivity contribution in [3.8, 4) is 11.5 Å². The standard InChI is InChI=1S/C16H14N2O3/c1-20-15-7-12-13(18-17-9-14(12)19)8-16(15)21-10-11-5-3-2-4-6-11/h2-9H,10H2,1H3,(H,18,19). The molecule has 0 radical (unpaired) electrons. The van der Waals surface area contributed by atoms with E-state index in [-0.39, 0.29) is 5.43 Å². The van der Waals surface area contributed by atoms with Gasteiger partial charge in [-0.2, -0.15) is 5.10 Å². The second kappa shape index (κ2) is 5.66. The first-order chi connectivity index (χ1) is 10.3. The van der Waals surface area contributed by atoms with E-state index in [0.29, 0.717) is 29.0 Å². The molecule has 3 rings (SSSR count). The smallest absolute Gasteiger partial charge is 0.208 e. The molecule has 0 atom stereocenters. The van der Waals surface area contributed by atoms with Gasteiger partial charge in [0.25, 0.3) is 0 Å². The average Bonchev–Trinajstić information content (AvgIpc) is 2.53. The maximum absolute atomic E-state index is 11.8. The molecule has 0 saturated carbocycles. The first-order valence-corrected chi connectivity index (χ1v) is 6.50. The number of aromatic nitrogens is 2. The Bertz CT molecular complexity index is 813. The van der Waals surface area contributed by atoms with Gasteiger partial charge in [-0.3, -0.25) is 9.89 Å². The number of nitrogens with zero attached hydrogens (tertiary/aromatic N) is 1. The van der Waals surface area contributed by atoms with Crippen LogP contribution in [0, 0.1) is 0 Å². The largest absolute Gasteiger partial charge is 0.493 e. The van der Waals surface area contributed by atoms with E-state index >= 15 is 0 Å². The molecule has 0 saturated heterocycles. The zero-order chi connectivity index (χ0) is 14.7. The molecule has 0 bridgehead atoms. The van der Waals surface area contributed by atoms with E-state index in [0.717, 1.165) is 5.56 Å². The molecular formula is C16H14N2O3. The number of benzene rings is 2. The Balaban J connectivity index is 1.96. The second-order valence-electron chi connectivity index (χ2n) is 4.56. The van der Waals surface area contributed by atoms with Gasteiger partial charge in [-0.15, -0.1) is 0 Å². The van der Waals surface area contributed by atoms with Crippen molar-refractivity contribution in [2.45, 2.75) is 6.61 Å². The molecule has 5 nitrogen and oxygen atoms in total. The fourth-order valence-corrected chi connectivity index (χ4v) is 2.09. The van der Waals surface area contributed by atoms with Gasteiger partial charge in [0.2, 0.25) is 5.43 Å². The van der Waals surface area contributed by atoms with Gasteiger partial charge in [0.05, 0.1) is 24.2 Å². The molecule has 106 valence electrons. The summed E-state index contributed by atoms with van der Waals surface area (Å²) in [4.78, 5) is 11.8. The maximum atomic E-state index is 11.8. The van der Waals surface area contributed by atoms with E-state index in [1.54, 1.807) is 19.2 Å². The lowest BCUT2D eigenvalue weighted by molar-refractivity contribution is 0.285. The minimum Gasteiger partial charge on any atom is -0.493 e. The van der Waals surface area contributed by atoms with Crippen LogP contribution in [0.25, 0.3) is 10.9 Å². The Kier molecular flexibility index (Phi) is 3.55. The predicted octanol–water partition coefficient (Wildman–Crippen LogP) is 2.51. The number of aromatic amines is 1. The number of methoxy groups -OCH3 is 1. The van der Waals surface area contributed by atoms with Crippen LogP contribution in [0.4, 0.5) is 0 Å². The fourth-order valence-electron chi connectivity index (χ4n) is 2.09. The van der Waals surface area contributed by atoms with Crippen LogP contribution in [0.3, 0.4) is 0 Å². The van der Waals surface area contributed by atoms with E-state index in [2.05, 4.69) is 10.2 Å². The molecule has 1 aromatic heterocycles. The van der Waals surface area contributed by atoms with Crippen molar-refractivity contribution < 1.29 is 9.47 Å². The highest BCUT2D eigenvalue weighted by Gasteiger charge is 2.09. The third-order valence-corrected chi connectivity index (χ3v) is 3.17. The monoisotopic (exact) mass is 282 g/mol. The maximum Gasteiger partial charge on any atom is 0.208 e. The molecule has 2 aromatic carbocycles. The van der Waals surface area contributed by atoms with Gasteiger partial charge >= 0.3 is 0 Å². The number of ether oxygens (including phenoxy) is 2. The van der Waals surface area contributed by atoms with Crippen LogP contribution in [0.1, 0.15) is 5.56 Å². The highest BCUT2D eigenvalue weighted by Crippen LogP contribution is 2.30. The lowest BCUT2D eigenvalue weighted by Gasteiger charge is -2.11. The normalized spacial score (nSPS) is 10.5. The summed E-state index contributed by atoms with van der Waals surface area (Å²) in [5, 5.41) is 7.11. The van der Waals surface area contributed by atoms with Gasteiger partial charge in [-0.05, 0) is 11.6 Å². The molecule has 0 fully saturated rings. The number of fused-ring (bicyclic) bond motifs is 1. The van der Waals surface area contributed by atoms with E-state index in [4.69, 9.17) is 9.47 Å². The molecule has 0 spiro atoms. The minimum absolute atomic E-state index is 0.156. The molecule has 21 heavy (non-hydrogen) atoms. The number of nitrogens with one attached hydrogen (secondary N) is 1. The van der Waals surface area contributed by atoms with E-state index in [9.17, 15) is 4.79 Å². The zero-order valence-electron chi connectivity index (χ0n) is 11.5. The van der Waals surface area contributed by atoms with Crippen LogP contribution in [0.2, 0.25) is 0 Å². The first-order valence-electron chi connectivity index (χ1n) is 6.50. The number of hydrogen-bond acceptors (Lipinski definition) is 4. The van der Waals surface area contributed by atoms with Gasteiger partial charge in [0.15, 0.2) is 11.5 Å². The van der Waals surface area contributed by atoms with Crippen LogP contribution in [-0.2, 0) is 6.61 Å². The molecular weight excluding hydrogens is 268 g/mol. The van der Waals surface area contributed by atoms with Crippen LogP contribution in [0.5, 0.6) is 11.5 Å². The third kappa shape index (κ3) is 2.72. The molecule has 0 aliphatic heterocycles. The SMILES string of the molecule is COc1cc2c(=O)cn[nH]c2cc1OCc1ccccc1. The summed E-state index contributed by atoms with van der Waals surface area (Å²) >= 11 is 0. The predicted molar refractivity (Wildman–Crippen MR) is 79.7 cm³/mol. The van der Waals surface area contributed by atoms with E-state index in [1.807, 2.05) is 30.3 Å². The molecule has 1 heterocycles. The highest BCUT2D eigenvalue weighted by molar-refractivity contribution is 5.81. The quantitative estimate of drug-likeness (QED) is 0.798. The second-order valence-corrected chi connectivity index (χ2v) is 4.56. The van der Waals surface area contributed by atoms with Crippen molar-refractivity contribution in [3.05, 3.63) is 64.4 Å². The molecule has 0 aliphatic rings. The molecule has 1 N–H and O–H groups in total. The van der Waals surface area contributed by atoms with Gasteiger partial charge in [-0.25, -0.2) is 0 Å². The lowest BCUT2D eigenvalue weighted by atomic mass is 10.2. The Hall–Kier alpha value is -2.82. The van der Waals surface area contributed by atoms with E-state index < -0.39 is 0 Å². The Morgan fingerprint density at radius 2 is 1.95 bits per heavy atom. The van der Waals surface area contributed by atoms with Gasteiger partial charge < -0.3 is 9.47 Å². The Morgan fingerprint density at radius 1 is 1.14 bits per heavy atom.